The van der Waals surface area contributed by atoms with Gasteiger partial charge in [-0.2, -0.15) is 0 Å². The second-order valence-electron chi connectivity index (χ2n) is 4.35. The van der Waals surface area contributed by atoms with E-state index in [9.17, 15) is 0 Å². The van der Waals surface area contributed by atoms with Crippen molar-refractivity contribution in [2.24, 2.45) is 0 Å². The molecule has 15 heavy (non-hydrogen) atoms. The monoisotopic (exact) mass is 201 g/mol. The van der Waals surface area contributed by atoms with Crippen LogP contribution in [0.1, 0.15) is 32.3 Å². The first-order chi connectivity index (χ1) is 7.29. The predicted molar refractivity (Wildman–Crippen MR) is 64.4 cm³/mol. The Morgan fingerprint density at radius 3 is 2.60 bits per heavy atom. The van der Waals surface area contributed by atoms with Gasteiger partial charge in [0.2, 0.25) is 0 Å². The third-order valence-electron chi connectivity index (χ3n) is 3.13. The quantitative estimate of drug-likeness (QED) is 0.722. The van der Waals surface area contributed by atoms with E-state index in [0.717, 1.165) is 6.54 Å². The normalized spacial score (nSPS) is 20.5. The summed E-state index contributed by atoms with van der Waals surface area (Å²) in [5.74, 6) is 0. The second-order valence-corrected chi connectivity index (χ2v) is 4.35. The van der Waals surface area contributed by atoms with E-state index in [4.69, 9.17) is 0 Å². The zero-order valence-electron chi connectivity index (χ0n) is 9.61. The first-order valence-electron chi connectivity index (χ1n) is 5.79. The highest BCUT2D eigenvalue weighted by atomic mass is 15.1. The van der Waals surface area contributed by atoms with E-state index in [1.54, 1.807) is 5.57 Å². The Bertz CT molecular complexity index is 340. The summed E-state index contributed by atoms with van der Waals surface area (Å²) in [5.41, 5.74) is 2.98. The maximum Gasteiger partial charge on any atom is 0.0427 e. The fourth-order valence-corrected chi connectivity index (χ4v) is 2.14. The number of hydrogen-bond donors (Lipinski definition) is 0. The van der Waals surface area contributed by atoms with Crippen molar-refractivity contribution in [3.05, 3.63) is 47.7 Å². The van der Waals surface area contributed by atoms with Gasteiger partial charge in [0.05, 0.1) is 0 Å². The van der Waals surface area contributed by atoms with Crippen LogP contribution in [-0.2, 0) is 6.54 Å². The van der Waals surface area contributed by atoms with E-state index in [2.05, 4.69) is 55.3 Å². The maximum atomic E-state index is 2.45. The van der Waals surface area contributed by atoms with Gasteiger partial charge in [-0.05, 0) is 31.5 Å². The molecule has 1 heteroatoms. The molecule has 1 unspecified atom stereocenters. The summed E-state index contributed by atoms with van der Waals surface area (Å²) in [6.45, 7) is 5.60. The van der Waals surface area contributed by atoms with Gasteiger partial charge >= 0.3 is 0 Å². The second kappa shape index (κ2) is 4.52. The summed E-state index contributed by atoms with van der Waals surface area (Å²) in [6, 6.07) is 11.4. The number of hydrogen-bond acceptors (Lipinski definition) is 1. The summed E-state index contributed by atoms with van der Waals surface area (Å²) in [5, 5.41) is 0. The van der Waals surface area contributed by atoms with Crippen molar-refractivity contribution in [1.82, 2.24) is 4.90 Å². The van der Waals surface area contributed by atoms with E-state index >= 15 is 0 Å². The van der Waals surface area contributed by atoms with Crippen molar-refractivity contribution in [1.29, 1.82) is 0 Å². The third kappa shape index (κ3) is 2.41. The molecule has 1 atom stereocenters. The van der Waals surface area contributed by atoms with E-state index in [1.807, 2.05) is 0 Å². The Morgan fingerprint density at radius 2 is 2.00 bits per heavy atom. The lowest BCUT2D eigenvalue weighted by Crippen LogP contribution is -2.22. The summed E-state index contributed by atoms with van der Waals surface area (Å²) in [6.07, 6.45) is 4.77. The average Bonchev–Trinajstić information content (AvgIpc) is 2.61. The first-order valence-corrected chi connectivity index (χ1v) is 5.79. The molecule has 1 nitrogen and oxygen atoms in total. The average molecular weight is 201 g/mol. The van der Waals surface area contributed by atoms with Crippen molar-refractivity contribution < 1.29 is 0 Å². The van der Waals surface area contributed by atoms with Crippen LogP contribution in [0.4, 0.5) is 0 Å². The fraction of sp³-hybridized carbons (Fsp3) is 0.429. The van der Waals surface area contributed by atoms with Crippen LogP contribution in [-0.4, -0.2) is 10.9 Å². The molecule has 0 spiro atoms. The molecule has 1 aliphatic rings. The van der Waals surface area contributed by atoms with E-state index in [1.165, 1.54) is 18.4 Å². The molecule has 1 heterocycles. The van der Waals surface area contributed by atoms with Gasteiger partial charge in [0.25, 0.3) is 0 Å². The van der Waals surface area contributed by atoms with E-state index in [-0.39, 0.29) is 0 Å². The van der Waals surface area contributed by atoms with Crippen LogP contribution in [0.15, 0.2) is 42.1 Å². The van der Waals surface area contributed by atoms with Crippen LogP contribution in [0, 0.1) is 0 Å². The zero-order chi connectivity index (χ0) is 10.7. The van der Waals surface area contributed by atoms with Gasteiger partial charge in [-0.25, -0.2) is 0 Å². The van der Waals surface area contributed by atoms with Gasteiger partial charge in [-0.1, -0.05) is 42.8 Å². The van der Waals surface area contributed by atoms with E-state index in [0.29, 0.717) is 6.04 Å². The largest absolute Gasteiger partial charge is 0.370 e. The standard InChI is InChI=1S/C14H19N/c1-3-13-9-12(2)15(10-13)11-14-7-5-4-6-8-14/h4-8,10,12H,3,9,11H2,1-2H3. The minimum absolute atomic E-state index is 0.667. The molecular formula is C14H19N. The van der Waals surface area contributed by atoms with Crippen LogP contribution in [0.25, 0.3) is 0 Å². The maximum absolute atomic E-state index is 2.45. The SMILES string of the molecule is CCC1=CN(Cc2ccccc2)C(C)C1. The molecule has 0 N–H and O–H groups in total. The minimum atomic E-state index is 0.667. The lowest BCUT2D eigenvalue weighted by Gasteiger charge is -2.22. The fourth-order valence-electron chi connectivity index (χ4n) is 2.14. The predicted octanol–water partition coefficient (Wildman–Crippen LogP) is 3.57. The van der Waals surface area contributed by atoms with Crippen molar-refractivity contribution in [2.75, 3.05) is 0 Å². The Balaban J connectivity index is 2.04. The molecule has 0 fully saturated rings. The first kappa shape index (κ1) is 10.3. The molecule has 0 saturated carbocycles. The highest BCUT2D eigenvalue weighted by Crippen LogP contribution is 2.24. The van der Waals surface area contributed by atoms with Gasteiger partial charge in [-0.15, -0.1) is 0 Å². The number of nitrogens with zero attached hydrogens (tertiary/aromatic N) is 1. The smallest absolute Gasteiger partial charge is 0.0427 e. The van der Waals surface area contributed by atoms with Gasteiger partial charge in [0.1, 0.15) is 0 Å². The lowest BCUT2D eigenvalue weighted by atomic mass is 10.1. The molecule has 0 amide bonds. The molecule has 2 rings (SSSR count). The highest BCUT2D eigenvalue weighted by molar-refractivity contribution is 5.17. The third-order valence-corrected chi connectivity index (χ3v) is 3.13. The van der Waals surface area contributed by atoms with Crippen LogP contribution >= 0.6 is 0 Å². The van der Waals surface area contributed by atoms with Crippen LogP contribution in [0.2, 0.25) is 0 Å². The molecular weight excluding hydrogens is 182 g/mol. The van der Waals surface area contributed by atoms with Crippen LogP contribution < -0.4 is 0 Å². The summed E-state index contributed by atoms with van der Waals surface area (Å²) < 4.78 is 0. The molecule has 0 bridgehead atoms. The minimum Gasteiger partial charge on any atom is -0.370 e. The summed E-state index contributed by atoms with van der Waals surface area (Å²) in [4.78, 5) is 2.45. The number of rotatable bonds is 3. The molecule has 1 aliphatic heterocycles. The topological polar surface area (TPSA) is 3.24 Å². The molecule has 1 aromatic rings. The highest BCUT2D eigenvalue weighted by Gasteiger charge is 2.18. The Hall–Kier alpha value is -1.24. The zero-order valence-corrected chi connectivity index (χ0v) is 9.61. The van der Waals surface area contributed by atoms with Crippen molar-refractivity contribution in [2.45, 2.75) is 39.3 Å². The Kier molecular flexibility index (Phi) is 3.10. The van der Waals surface area contributed by atoms with Crippen molar-refractivity contribution >= 4 is 0 Å². The molecule has 0 radical (unpaired) electrons. The molecule has 0 aliphatic carbocycles. The molecule has 80 valence electrons. The van der Waals surface area contributed by atoms with Gasteiger partial charge in [0.15, 0.2) is 0 Å². The van der Waals surface area contributed by atoms with Crippen molar-refractivity contribution in [3.63, 3.8) is 0 Å². The Morgan fingerprint density at radius 1 is 1.27 bits per heavy atom. The van der Waals surface area contributed by atoms with Gasteiger partial charge < -0.3 is 4.90 Å². The van der Waals surface area contributed by atoms with E-state index < -0.39 is 0 Å². The van der Waals surface area contributed by atoms with Crippen LogP contribution in [0.3, 0.4) is 0 Å². The summed E-state index contributed by atoms with van der Waals surface area (Å²) >= 11 is 0. The summed E-state index contributed by atoms with van der Waals surface area (Å²) in [7, 11) is 0. The van der Waals surface area contributed by atoms with Crippen molar-refractivity contribution in [3.8, 4) is 0 Å². The molecule has 0 aromatic heterocycles. The molecule has 0 saturated heterocycles. The molecule has 1 aromatic carbocycles. The van der Waals surface area contributed by atoms with Crippen LogP contribution in [0.5, 0.6) is 0 Å². The number of benzene rings is 1. The van der Waals surface area contributed by atoms with Gasteiger partial charge in [-0.3, -0.25) is 0 Å². The Labute approximate surface area is 92.4 Å². The van der Waals surface area contributed by atoms with Gasteiger partial charge in [0, 0.05) is 12.6 Å². The lowest BCUT2D eigenvalue weighted by molar-refractivity contribution is 0.310.